The molecular formula is C13H21NS. The van der Waals surface area contributed by atoms with Gasteiger partial charge in [0.25, 0.3) is 0 Å². The number of benzene rings is 1. The second-order valence-corrected chi connectivity index (χ2v) is 5.42. The average molecular weight is 223 g/mol. The predicted octanol–water partition coefficient (Wildman–Crippen LogP) is 3.49. The molecule has 1 unspecified atom stereocenters. The first-order valence-corrected chi connectivity index (χ1v) is 6.62. The number of aryl methyl sites for hydroxylation is 1. The number of nitrogens with two attached hydrogens (primary N) is 1. The Morgan fingerprint density at radius 1 is 1.40 bits per heavy atom. The molecule has 0 saturated carbocycles. The molecule has 2 N–H and O–H groups in total. The third-order valence-corrected chi connectivity index (χ3v) is 4.12. The molecule has 0 spiro atoms. The maximum atomic E-state index is 5.61. The Balaban J connectivity index is 2.62. The lowest BCUT2D eigenvalue weighted by molar-refractivity contribution is 0.905. The molecule has 0 saturated heterocycles. The summed E-state index contributed by atoms with van der Waals surface area (Å²) in [5.74, 6) is 1.12. The highest BCUT2D eigenvalue weighted by Gasteiger charge is 2.03. The summed E-state index contributed by atoms with van der Waals surface area (Å²) >= 11 is 2.03. The second-order valence-electron chi connectivity index (χ2n) is 3.99. The van der Waals surface area contributed by atoms with Gasteiger partial charge < -0.3 is 5.73 Å². The molecule has 0 fully saturated rings. The lowest BCUT2D eigenvalue weighted by Crippen LogP contribution is -1.99. The van der Waals surface area contributed by atoms with Crippen molar-refractivity contribution in [3.8, 4) is 0 Å². The Hall–Kier alpha value is -0.470. The van der Waals surface area contributed by atoms with Crippen molar-refractivity contribution in [2.24, 2.45) is 5.73 Å². The summed E-state index contributed by atoms with van der Waals surface area (Å²) in [6.45, 7) is 7.33. The van der Waals surface area contributed by atoms with Crippen molar-refractivity contribution in [2.45, 2.75) is 44.7 Å². The molecule has 0 aliphatic rings. The van der Waals surface area contributed by atoms with Crippen LogP contribution in [-0.4, -0.2) is 5.25 Å². The molecule has 2 heteroatoms. The van der Waals surface area contributed by atoms with Crippen LogP contribution in [0.5, 0.6) is 0 Å². The van der Waals surface area contributed by atoms with Crippen LogP contribution in [0.15, 0.2) is 18.2 Å². The van der Waals surface area contributed by atoms with E-state index < -0.39 is 0 Å². The number of rotatable bonds is 5. The van der Waals surface area contributed by atoms with Crippen molar-refractivity contribution < 1.29 is 0 Å². The summed E-state index contributed by atoms with van der Waals surface area (Å²) in [6.07, 6.45) is 1.24. The van der Waals surface area contributed by atoms with E-state index in [4.69, 9.17) is 5.73 Å². The Morgan fingerprint density at radius 3 is 2.67 bits per heavy atom. The molecule has 1 nitrogen and oxygen atoms in total. The van der Waals surface area contributed by atoms with Gasteiger partial charge in [-0.15, -0.1) is 0 Å². The monoisotopic (exact) mass is 223 g/mol. The summed E-state index contributed by atoms with van der Waals surface area (Å²) in [4.78, 5) is 0. The third-order valence-electron chi connectivity index (χ3n) is 2.74. The van der Waals surface area contributed by atoms with Crippen LogP contribution in [-0.2, 0) is 12.3 Å². The van der Waals surface area contributed by atoms with Crippen LogP contribution in [0.3, 0.4) is 0 Å². The van der Waals surface area contributed by atoms with Gasteiger partial charge in [-0.3, -0.25) is 0 Å². The normalized spacial score (nSPS) is 12.8. The van der Waals surface area contributed by atoms with Crippen molar-refractivity contribution in [3.63, 3.8) is 0 Å². The smallest absolute Gasteiger partial charge is 0.0189 e. The molecule has 0 heterocycles. The van der Waals surface area contributed by atoms with Crippen molar-refractivity contribution in [3.05, 3.63) is 34.9 Å². The minimum Gasteiger partial charge on any atom is -0.326 e. The van der Waals surface area contributed by atoms with Crippen LogP contribution in [0.2, 0.25) is 0 Å². The quantitative estimate of drug-likeness (QED) is 0.827. The van der Waals surface area contributed by atoms with Crippen molar-refractivity contribution in [1.82, 2.24) is 0 Å². The van der Waals surface area contributed by atoms with E-state index in [0.717, 1.165) is 11.0 Å². The van der Waals surface area contributed by atoms with E-state index in [1.54, 1.807) is 0 Å². The summed E-state index contributed by atoms with van der Waals surface area (Å²) in [6, 6.07) is 6.55. The zero-order valence-electron chi connectivity index (χ0n) is 9.92. The van der Waals surface area contributed by atoms with Crippen molar-refractivity contribution >= 4 is 11.8 Å². The summed E-state index contributed by atoms with van der Waals surface area (Å²) in [5, 5.41) is 0.749. The highest BCUT2D eigenvalue weighted by Crippen LogP contribution is 2.22. The van der Waals surface area contributed by atoms with E-state index in [1.807, 2.05) is 11.8 Å². The van der Waals surface area contributed by atoms with Gasteiger partial charge >= 0.3 is 0 Å². The Kier molecular flexibility index (Phi) is 5.20. The first kappa shape index (κ1) is 12.6. The van der Waals surface area contributed by atoms with E-state index in [9.17, 15) is 0 Å². The van der Waals surface area contributed by atoms with Crippen LogP contribution in [0.1, 0.15) is 37.0 Å². The largest absolute Gasteiger partial charge is 0.326 e. The fourth-order valence-electron chi connectivity index (χ4n) is 1.40. The topological polar surface area (TPSA) is 26.0 Å². The summed E-state index contributed by atoms with van der Waals surface area (Å²) < 4.78 is 0. The van der Waals surface area contributed by atoms with Crippen LogP contribution in [0, 0.1) is 6.92 Å². The molecule has 0 aliphatic heterocycles. The van der Waals surface area contributed by atoms with Gasteiger partial charge in [-0.05, 0) is 30.0 Å². The van der Waals surface area contributed by atoms with Crippen LogP contribution in [0.25, 0.3) is 0 Å². The zero-order chi connectivity index (χ0) is 11.3. The van der Waals surface area contributed by atoms with Crippen LogP contribution in [0.4, 0.5) is 0 Å². The highest BCUT2D eigenvalue weighted by molar-refractivity contribution is 7.99. The summed E-state index contributed by atoms with van der Waals surface area (Å²) in [5.41, 5.74) is 9.65. The van der Waals surface area contributed by atoms with E-state index in [2.05, 4.69) is 39.0 Å². The lowest BCUT2D eigenvalue weighted by Gasteiger charge is -2.11. The maximum Gasteiger partial charge on any atom is 0.0189 e. The lowest BCUT2D eigenvalue weighted by atomic mass is 10.1. The van der Waals surface area contributed by atoms with Gasteiger partial charge in [0.1, 0.15) is 0 Å². The van der Waals surface area contributed by atoms with Gasteiger partial charge in [-0.2, -0.15) is 11.8 Å². The molecular weight excluding hydrogens is 202 g/mol. The minimum atomic E-state index is 0.639. The van der Waals surface area contributed by atoms with Gasteiger partial charge in [0, 0.05) is 17.5 Å². The molecule has 0 aliphatic carbocycles. The molecule has 1 atom stereocenters. The molecule has 0 bridgehead atoms. The summed E-state index contributed by atoms with van der Waals surface area (Å²) in [7, 11) is 0. The highest BCUT2D eigenvalue weighted by atomic mass is 32.2. The number of hydrogen-bond acceptors (Lipinski definition) is 2. The van der Waals surface area contributed by atoms with Crippen molar-refractivity contribution in [1.29, 1.82) is 0 Å². The maximum absolute atomic E-state index is 5.61. The van der Waals surface area contributed by atoms with Crippen LogP contribution >= 0.6 is 11.8 Å². The Morgan fingerprint density at radius 2 is 2.13 bits per heavy atom. The zero-order valence-corrected chi connectivity index (χ0v) is 10.7. The van der Waals surface area contributed by atoms with Gasteiger partial charge in [0.15, 0.2) is 0 Å². The SMILES string of the molecule is CCC(C)SCc1ccc(CN)cc1C. The fraction of sp³-hybridized carbons (Fsp3) is 0.538. The van der Waals surface area contributed by atoms with Crippen LogP contribution < -0.4 is 5.73 Å². The molecule has 0 amide bonds. The minimum absolute atomic E-state index is 0.639. The number of hydrogen-bond donors (Lipinski definition) is 1. The molecule has 1 aromatic carbocycles. The second kappa shape index (κ2) is 6.19. The first-order valence-electron chi connectivity index (χ1n) is 5.57. The molecule has 1 rings (SSSR count). The van der Waals surface area contributed by atoms with Gasteiger partial charge in [0.2, 0.25) is 0 Å². The van der Waals surface area contributed by atoms with E-state index in [-0.39, 0.29) is 0 Å². The number of thioether (sulfide) groups is 1. The molecule has 84 valence electrons. The van der Waals surface area contributed by atoms with Crippen molar-refractivity contribution in [2.75, 3.05) is 0 Å². The average Bonchev–Trinajstić information content (AvgIpc) is 2.26. The Labute approximate surface area is 97.4 Å². The third kappa shape index (κ3) is 3.88. The first-order chi connectivity index (χ1) is 7.17. The van der Waals surface area contributed by atoms with Gasteiger partial charge in [0.05, 0.1) is 0 Å². The standard InChI is InChI=1S/C13H21NS/c1-4-11(3)15-9-13-6-5-12(8-14)7-10(13)2/h5-7,11H,4,8-9,14H2,1-3H3. The predicted molar refractivity (Wildman–Crippen MR) is 70.1 cm³/mol. The van der Waals surface area contributed by atoms with E-state index in [0.29, 0.717) is 6.54 Å². The molecule has 1 aromatic rings. The fourth-order valence-corrected chi connectivity index (χ4v) is 2.42. The molecule has 0 aromatic heterocycles. The van der Waals surface area contributed by atoms with Gasteiger partial charge in [-0.1, -0.05) is 32.0 Å². The van der Waals surface area contributed by atoms with E-state index >= 15 is 0 Å². The Bertz CT molecular complexity index is 309. The molecule has 15 heavy (non-hydrogen) atoms. The van der Waals surface area contributed by atoms with Gasteiger partial charge in [-0.25, -0.2) is 0 Å². The molecule has 0 radical (unpaired) electrons. The van der Waals surface area contributed by atoms with E-state index in [1.165, 1.54) is 23.1 Å².